The lowest BCUT2D eigenvalue weighted by Crippen LogP contribution is -2.34. The van der Waals surface area contributed by atoms with Crippen LogP contribution in [0.2, 0.25) is 0 Å². The van der Waals surface area contributed by atoms with Crippen LogP contribution in [0.3, 0.4) is 0 Å². The van der Waals surface area contributed by atoms with Crippen molar-refractivity contribution in [2.24, 2.45) is 0 Å². The van der Waals surface area contributed by atoms with Gasteiger partial charge in [-0.3, -0.25) is 0 Å². The largest absolute Gasteiger partial charge is 0.491 e. The van der Waals surface area contributed by atoms with E-state index in [1.165, 1.54) is 0 Å². The first kappa shape index (κ1) is 18.0. The van der Waals surface area contributed by atoms with Gasteiger partial charge in [-0.05, 0) is 44.6 Å². The van der Waals surface area contributed by atoms with Crippen LogP contribution in [-0.4, -0.2) is 48.9 Å². The summed E-state index contributed by atoms with van der Waals surface area (Å²) in [5.74, 6) is 0.853. The maximum absolute atomic E-state index is 9.61. The molecule has 0 aliphatic heterocycles. The summed E-state index contributed by atoms with van der Waals surface area (Å²) in [6.07, 6.45) is 0.156. The van der Waals surface area contributed by atoms with E-state index in [-0.39, 0.29) is 18.8 Å². The van der Waals surface area contributed by atoms with Crippen LogP contribution < -0.4 is 10.1 Å². The fraction of sp³-hybridized carbons (Fsp3) is 0.647. The second-order valence-electron chi connectivity index (χ2n) is 5.46. The van der Waals surface area contributed by atoms with Crippen LogP contribution in [0.25, 0.3) is 0 Å². The summed E-state index contributed by atoms with van der Waals surface area (Å²) in [5, 5.41) is 13.0. The number of benzene rings is 1. The van der Waals surface area contributed by atoms with Gasteiger partial charge in [-0.2, -0.15) is 0 Å². The third-order valence-corrected chi connectivity index (χ3v) is 3.53. The standard InChI is InChI=1S/C17H30N2O2/c1-5-19(6-2)11-10-18-17(13-20)15-8-7-9-16(12-15)21-14(3)4/h7-9,12,14,17-18,20H,5-6,10-11,13H2,1-4H3. The zero-order valence-electron chi connectivity index (χ0n) is 13.8. The summed E-state index contributed by atoms with van der Waals surface area (Å²) in [6.45, 7) is 12.4. The highest BCUT2D eigenvalue weighted by atomic mass is 16.5. The predicted octanol–water partition coefficient (Wildman–Crippen LogP) is 2.44. The van der Waals surface area contributed by atoms with Crippen LogP contribution >= 0.6 is 0 Å². The van der Waals surface area contributed by atoms with Crippen LogP contribution in [0.1, 0.15) is 39.3 Å². The Bertz CT molecular complexity index is 392. The van der Waals surface area contributed by atoms with Gasteiger partial charge in [0, 0.05) is 13.1 Å². The zero-order valence-corrected chi connectivity index (χ0v) is 13.8. The number of rotatable bonds is 10. The molecule has 1 aromatic rings. The van der Waals surface area contributed by atoms with Gasteiger partial charge >= 0.3 is 0 Å². The molecule has 0 spiro atoms. The van der Waals surface area contributed by atoms with Crippen molar-refractivity contribution in [3.05, 3.63) is 29.8 Å². The monoisotopic (exact) mass is 294 g/mol. The molecular weight excluding hydrogens is 264 g/mol. The lowest BCUT2D eigenvalue weighted by molar-refractivity contribution is 0.230. The highest BCUT2D eigenvalue weighted by Crippen LogP contribution is 2.20. The molecule has 0 radical (unpaired) electrons. The summed E-state index contributed by atoms with van der Waals surface area (Å²) in [7, 11) is 0. The molecular formula is C17H30N2O2. The minimum atomic E-state index is -0.0451. The number of hydrogen-bond acceptors (Lipinski definition) is 4. The van der Waals surface area contributed by atoms with Gasteiger partial charge in [-0.15, -0.1) is 0 Å². The topological polar surface area (TPSA) is 44.7 Å². The Kier molecular flexibility index (Phi) is 8.35. The van der Waals surface area contributed by atoms with Gasteiger partial charge in [0.05, 0.1) is 18.8 Å². The molecule has 1 atom stereocenters. The van der Waals surface area contributed by atoms with Crippen molar-refractivity contribution in [2.45, 2.75) is 39.8 Å². The molecule has 0 fully saturated rings. The van der Waals surface area contributed by atoms with Crippen LogP contribution in [0.5, 0.6) is 5.75 Å². The van der Waals surface area contributed by atoms with Crippen LogP contribution in [0, 0.1) is 0 Å². The molecule has 1 unspecified atom stereocenters. The van der Waals surface area contributed by atoms with Gasteiger partial charge in [0.1, 0.15) is 5.75 Å². The molecule has 0 aliphatic rings. The minimum absolute atomic E-state index is 0.0451. The van der Waals surface area contributed by atoms with Gasteiger partial charge in [0.25, 0.3) is 0 Å². The number of ether oxygens (including phenoxy) is 1. The Balaban J connectivity index is 2.58. The van der Waals surface area contributed by atoms with E-state index in [1.807, 2.05) is 38.1 Å². The van der Waals surface area contributed by atoms with E-state index in [2.05, 4.69) is 24.1 Å². The first-order chi connectivity index (χ1) is 10.1. The molecule has 2 N–H and O–H groups in total. The number of aliphatic hydroxyl groups is 1. The smallest absolute Gasteiger partial charge is 0.120 e. The molecule has 0 aliphatic carbocycles. The van der Waals surface area contributed by atoms with E-state index in [4.69, 9.17) is 4.74 Å². The molecule has 1 rings (SSSR count). The van der Waals surface area contributed by atoms with Crippen molar-refractivity contribution in [3.8, 4) is 5.75 Å². The highest BCUT2D eigenvalue weighted by molar-refractivity contribution is 5.30. The predicted molar refractivity (Wildman–Crippen MR) is 87.8 cm³/mol. The third kappa shape index (κ3) is 6.46. The highest BCUT2D eigenvalue weighted by Gasteiger charge is 2.11. The fourth-order valence-electron chi connectivity index (χ4n) is 2.30. The van der Waals surface area contributed by atoms with Gasteiger partial charge < -0.3 is 20.1 Å². The number of hydrogen-bond donors (Lipinski definition) is 2. The Morgan fingerprint density at radius 2 is 1.95 bits per heavy atom. The molecule has 0 saturated carbocycles. The summed E-state index contributed by atoms with van der Waals surface area (Å²) in [4.78, 5) is 2.36. The molecule has 0 amide bonds. The summed E-state index contributed by atoms with van der Waals surface area (Å²) in [5.41, 5.74) is 1.06. The lowest BCUT2D eigenvalue weighted by Gasteiger charge is -2.22. The zero-order chi connectivity index (χ0) is 15.7. The average molecular weight is 294 g/mol. The van der Waals surface area contributed by atoms with Crippen LogP contribution in [-0.2, 0) is 0 Å². The molecule has 0 bridgehead atoms. The summed E-state index contributed by atoms with van der Waals surface area (Å²) >= 11 is 0. The second-order valence-corrected chi connectivity index (χ2v) is 5.46. The van der Waals surface area contributed by atoms with Gasteiger partial charge in [-0.25, -0.2) is 0 Å². The Morgan fingerprint density at radius 3 is 2.52 bits per heavy atom. The Labute approximate surface area is 129 Å². The van der Waals surface area contributed by atoms with E-state index in [0.29, 0.717) is 0 Å². The summed E-state index contributed by atoms with van der Waals surface area (Å²) < 4.78 is 5.71. The van der Waals surface area contributed by atoms with Crippen LogP contribution in [0.15, 0.2) is 24.3 Å². The van der Waals surface area contributed by atoms with E-state index < -0.39 is 0 Å². The molecule has 4 nitrogen and oxygen atoms in total. The Hall–Kier alpha value is -1.10. The Morgan fingerprint density at radius 1 is 1.24 bits per heavy atom. The molecule has 0 heterocycles. The number of nitrogens with one attached hydrogen (secondary N) is 1. The molecule has 0 aromatic heterocycles. The number of nitrogens with zero attached hydrogens (tertiary/aromatic N) is 1. The second kappa shape index (κ2) is 9.77. The van der Waals surface area contributed by atoms with Crippen molar-refractivity contribution in [1.29, 1.82) is 0 Å². The van der Waals surface area contributed by atoms with Crippen molar-refractivity contribution >= 4 is 0 Å². The average Bonchev–Trinajstić information content (AvgIpc) is 2.47. The first-order valence-electron chi connectivity index (χ1n) is 7.93. The van der Waals surface area contributed by atoms with E-state index >= 15 is 0 Å². The minimum Gasteiger partial charge on any atom is -0.491 e. The van der Waals surface area contributed by atoms with E-state index in [9.17, 15) is 5.11 Å². The number of likely N-dealkylation sites (N-methyl/N-ethyl adjacent to an activating group) is 1. The van der Waals surface area contributed by atoms with E-state index in [0.717, 1.165) is 37.5 Å². The fourth-order valence-corrected chi connectivity index (χ4v) is 2.30. The number of aliphatic hydroxyl groups excluding tert-OH is 1. The SMILES string of the molecule is CCN(CC)CCNC(CO)c1cccc(OC(C)C)c1. The normalized spacial score (nSPS) is 12.9. The van der Waals surface area contributed by atoms with Crippen molar-refractivity contribution in [2.75, 3.05) is 32.8 Å². The molecule has 120 valence electrons. The summed E-state index contributed by atoms with van der Waals surface area (Å²) in [6, 6.07) is 7.91. The van der Waals surface area contributed by atoms with Crippen molar-refractivity contribution in [1.82, 2.24) is 10.2 Å². The van der Waals surface area contributed by atoms with E-state index in [1.54, 1.807) is 0 Å². The maximum atomic E-state index is 9.61. The van der Waals surface area contributed by atoms with Crippen LogP contribution in [0.4, 0.5) is 0 Å². The molecule has 0 saturated heterocycles. The lowest BCUT2D eigenvalue weighted by atomic mass is 10.1. The van der Waals surface area contributed by atoms with Gasteiger partial charge in [0.15, 0.2) is 0 Å². The van der Waals surface area contributed by atoms with Gasteiger partial charge in [0.2, 0.25) is 0 Å². The molecule has 4 heteroatoms. The van der Waals surface area contributed by atoms with Crippen molar-refractivity contribution < 1.29 is 9.84 Å². The maximum Gasteiger partial charge on any atom is 0.120 e. The quantitative estimate of drug-likeness (QED) is 0.696. The van der Waals surface area contributed by atoms with Gasteiger partial charge in [-0.1, -0.05) is 26.0 Å². The molecule has 21 heavy (non-hydrogen) atoms. The van der Waals surface area contributed by atoms with Crippen molar-refractivity contribution in [3.63, 3.8) is 0 Å². The first-order valence-corrected chi connectivity index (χ1v) is 7.93. The molecule has 1 aromatic carbocycles. The third-order valence-electron chi connectivity index (χ3n) is 3.53.